The fourth-order valence-electron chi connectivity index (χ4n) is 2.17. The molecule has 1 aromatic carbocycles. The van der Waals surface area contributed by atoms with Crippen molar-refractivity contribution in [2.75, 3.05) is 7.05 Å². The van der Waals surface area contributed by atoms with Crippen LogP contribution in [0.1, 0.15) is 18.1 Å². The number of likely N-dealkylation sites (N-methyl/N-ethyl adjacent to an activating group) is 1. The first-order valence-electron chi connectivity index (χ1n) is 6.65. The van der Waals surface area contributed by atoms with Crippen LogP contribution in [0.25, 0.3) is 0 Å². The number of aromatic nitrogens is 2. The largest absolute Gasteiger partial charge is 0.316 e. The van der Waals surface area contributed by atoms with Crippen molar-refractivity contribution in [1.82, 2.24) is 15.1 Å². The van der Waals surface area contributed by atoms with Crippen LogP contribution in [0.5, 0.6) is 0 Å². The van der Waals surface area contributed by atoms with Gasteiger partial charge in [0.1, 0.15) is 0 Å². The quantitative estimate of drug-likeness (QED) is 0.886. The molecule has 0 radical (unpaired) electrons. The Labute approximate surface area is 123 Å². The molecule has 0 amide bonds. The van der Waals surface area contributed by atoms with E-state index in [9.17, 15) is 0 Å². The number of halogens is 1. The molecular weight excluding hydrogens is 302 g/mol. The minimum Gasteiger partial charge on any atom is -0.316 e. The zero-order chi connectivity index (χ0) is 13.7. The zero-order valence-electron chi connectivity index (χ0n) is 11.4. The molecule has 0 aliphatic rings. The van der Waals surface area contributed by atoms with Gasteiger partial charge in [-0.25, -0.2) is 0 Å². The monoisotopic (exact) mass is 321 g/mol. The van der Waals surface area contributed by atoms with Gasteiger partial charge in [-0.3, -0.25) is 4.68 Å². The fraction of sp³-hybridized carbons (Fsp3) is 0.400. The van der Waals surface area contributed by atoms with Gasteiger partial charge in [-0.05, 0) is 44.0 Å². The summed E-state index contributed by atoms with van der Waals surface area (Å²) in [5.74, 6) is 0. The smallest absolute Gasteiger partial charge is 0.0522 e. The Kier molecular flexibility index (Phi) is 5.16. The lowest BCUT2D eigenvalue weighted by molar-refractivity contribution is 0.555. The minimum absolute atomic E-state index is 0.424. The van der Waals surface area contributed by atoms with Crippen LogP contribution in [-0.2, 0) is 19.4 Å². The first-order valence-corrected chi connectivity index (χ1v) is 7.44. The summed E-state index contributed by atoms with van der Waals surface area (Å²) in [5, 5.41) is 7.72. The molecule has 0 aliphatic carbocycles. The molecule has 2 rings (SSSR count). The Balaban J connectivity index is 2.02. The van der Waals surface area contributed by atoms with Gasteiger partial charge < -0.3 is 5.32 Å². The van der Waals surface area contributed by atoms with Crippen molar-refractivity contribution in [2.24, 2.45) is 0 Å². The van der Waals surface area contributed by atoms with Crippen LogP contribution in [-0.4, -0.2) is 22.9 Å². The van der Waals surface area contributed by atoms with Gasteiger partial charge in [0.25, 0.3) is 0 Å². The maximum absolute atomic E-state index is 4.33. The Bertz CT molecular complexity index is 522. The summed E-state index contributed by atoms with van der Waals surface area (Å²) in [7, 11) is 2.02. The highest BCUT2D eigenvalue weighted by molar-refractivity contribution is 9.10. The van der Waals surface area contributed by atoms with E-state index in [1.807, 2.05) is 24.0 Å². The molecule has 0 bridgehead atoms. The third-order valence-corrected chi connectivity index (χ3v) is 4.10. The number of nitrogens with one attached hydrogen (secondary N) is 1. The summed E-state index contributed by atoms with van der Waals surface area (Å²) in [5.41, 5.74) is 2.62. The maximum Gasteiger partial charge on any atom is 0.0522 e. The lowest BCUT2D eigenvalue weighted by Gasteiger charge is -2.16. The summed E-state index contributed by atoms with van der Waals surface area (Å²) in [4.78, 5) is 0. The molecule has 0 spiro atoms. The van der Waals surface area contributed by atoms with Gasteiger partial charge in [0.2, 0.25) is 0 Å². The first kappa shape index (κ1) is 14.3. The van der Waals surface area contributed by atoms with E-state index in [4.69, 9.17) is 0 Å². The normalized spacial score (nSPS) is 12.6. The molecule has 0 aliphatic heterocycles. The maximum atomic E-state index is 4.33. The molecule has 19 heavy (non-hydrogen) atoms. The molecule has 0 saturated carbocycles. The minimum atomic E-state index is 0.424. The highest BCUT2D eigenvalue weighted by atomic mass is 79.9. The van der Waals surface area contributed by atoms with E-state index in [1.54, 1.807) is 0 Å². The van der Waals surface area contributed by atoms with Gasteiger partial charge in [0.05, 0.1) is 6.20 Å². The SMILES string of the molecule is CCn1cc(CC(Cc2ccccc2Br)NC)cn1. The van der Waals surface area contributed by atoms with Crippen LogP contribution in [0.2, 0.25) is 0 Å². The summed E-state index contributed by atoms with van der Waals surface area (Å²) in [6, 6.07) is 8.82. The second kappa shape index (κ2) is 6.87. The lowest BCUT2D eigenvalue weighted by atomic mass is 10.0. The molecule has 102 valence electrons. The van der Waals surface area contributed by atoms with Gasteiger partial charge in [-0.15, -0.1) is 0 Å². The molecular formula is C15H20BrN3. The molecule has 1 heterocycles. The van der Waals surface area contributed by atoms with Crippen molar-refractivity contribution in [2.45, 2.75) is 32.4 Å². The Hall–Kier alpha value is -1.13. The molecule has 1 unspecified atom stereocenters. The number of aryl methyl sites for hydroxylation is 1. The molecule has 2 aromatic rings. The Morgan fingerprint density at radius 1 is 1.32 bits per heavy atom. The summed E-state index contributed by atoms with van der Waals surface area (Å²) >= 11 is 3.61. The molecule has 4 heteroatoms. The van der Waals surface area contributed by atoms with Crippen molar-refractivity contribution in [1.29, 1.82) is 0 Å². The van der Waals surface area contributed by atoms with Crippen molar-refractivity contribution < 1.29 is 0 Å². The topological polar surface area (TPSA) is 29.9 Å². The van der Waals surface area contributed by atoms with Crippen molar-refractivity contribution in [3.8, 4) is 0 Å². The highest BCUT2D eigenvalue weighted by Crippen LogP contribution is 2.18. The number of benzene rings is 1. The number of nitrogens with zero attached hydrogens (tertiary/aromatic N) is 2. The average molecular weight is 322 g/mol. The Morgan fingerprint density at radius 3 is 2.74 bits per heavy atom. The predicted octanol–water partition coefficient (Wildman–Crippen LogP) is 3.04. The van der Waals surface area contributed by atoms with E-state index in [0.717, 1.165) is 19.4 Å². The summed E-state index contributed by atoms with van der Waals surface area (Å²) < 4.78 is 3.15. The predicted molar refractivity (Wildman–Crippen MR) is 82.3 cm³/mol. The van der Waals surface area contributed by atoms with Crippen LogP contribution >= 0.6 is 15.9 Å². The molecule has 0 fully saturated rings. The van der Waals surface area contributed by atoms with Crippen molar-refractivity contribution in [3.63, 3.8) is 0 Å². The van der Waals surface area contributed by atoms with E-state index in [1.165, 1.54) is 15.6 Å². The average Bonchev–Trinajstić information content (AvgIpc) is 2.88. The van der Waals surface area contributed by atoms with Crippen LogP contribution in [0.15, 0.2) is 41.1 Å². The molecule has 3 nitrogen and oxygen atoms in total. The van der Waals surface area contributed by atoms with E-state index < -0.39 is 0 Å². The number of rotatable bonds is 6. The standard InChI is InChI=1S/C15H20BrN3/c1-3-19-11-12(10-18-19)8-14(17-2)9-13-6-4-5-7-15(13)16/h4-7,10-11,14,17H,3,8-9H2,1-2H3. The van der Waals surface area contributed by atoms with Gasteiger partial charge in [-0.2, -0.15) is 5.10 Å². The van der Waals surface area contributed by atoms with E-state index >= 15 is 0 Å². The molecule has 0 saturated heterocycles. The second-order valence-corrected chi connectivity index (χ2v) is 5.54. The number of hydrogen-bond donors (Lipinski definition) is 1. The third kappa shape index (κ3) is 3.91. The van der Waals surface area contributed by atoms with Crippen LogP contribution in [0.3, 0.4) is 0 Å². The third-order valence-electron chi connectivity index (χ3n) is 3.33. The first-order chi connectivity index (χ1) is 9.22. The molecule has 1 aromatic heterocycles. The zero-order valence-corrected chi connectivity index (χ0v) is 13.0. The van der Waals surface area contributed by atoms with Crippen LogP contribution < -0.4 is 5.32 Å². The van der Waals surface area contributed by atoms with Crippen molar-refractivity contribution >= 4 is 15.9 Å². The van der Waals surface area contributed by atoms with E-state index in [0.29, 0.717) is 6.04 Å². The van der Waals surface area contributed by atoms with E-state index in [-0.39, 0.29) is 0 Å². The van der Waals surface area contributed by atoms with E-state index in [2.05, 4.69) is 57.7 Å². The van der Waals surface area contributed by atoms with Crippen LogP contribution in [0.4, 0.5) is 0 Å². The van der Waals surface area contributed by atoms with Gasteiger partial charge in [0, 0.05) is 23.3 Å². The Morgan fingerprint density at radius 2 is 2.11 bits per heavy atom. The molecule has 1 N–H and O–H groups in total. The van der Waals surface area contributed by atoms with Gasteiger partial charge in [0.15, 0.2) is 0 Å². The highest BCUT2D eigenvalue weighted by Gasteiger charge is 2.11. The fourth-order valence-corrected chi connectivity index (χ4v) is 2.62. The van der Waals surface area contributed by atoms with Gasteiger partial charge in [-0.1, -0.05) is 34.1 Å². The van der Waals surface area contributed by atoms with Gasteiger partial charge >= 0.3 is 0 Å². The lowest BCUT2D eigenvalue weighted by Crippen LogP contribution is -2.29. The van der Waals surface area contributed by atoms with Crippen LogP contribution in [0, 0.1) is 0 Å². The summed E-state index contributed by atoms with van der Waals surface area (Å²) in [6.07, 6.45) is 6.10. The van der Waals surface area contributed by atoms with Crippen molar-refractivity contribution in [3.05, 3.63) is 52.3 Å². The summed E-state index contributed by atoms with van der Waals surface area (Å²) in [6.45, 7) is 3.03. The second-order valence-electron chi connectivity index (χ2n) is 4.69. The molecule has 1 atom stereocenters. The number of hydrogen-bond acceptors (Lipinski definition) is 2.